The summed E-state index contributed by atoms with van der Waals surface area (Å²) in [7, 11) is 7.10. The molecule has 0 amide bonds. The van der Waals surface area contributed by atoms with Gasteiger partial charge in [-0.3, -0.25) is 0 Å². The van der Waals surface area contributed by atoms with Crippen LogP contribution in [0.4, 0.5) is 0 Å². The molecule has 2 aromatic rings. The van der Waals surface area contributed by atoms with Crippen LogP contribution in [-0.4, -0.2) is 50.8 Å². The number of aliphatic hydroxyl groups is 1. The van der Waals surface area contributed by atoms with Gasteiger partial charge in [0.25, 0.3) is 0 Å². The number of benzene rings is 2. The van der Waals surface area contributed by atoms with Gasteiger partial charge >= 0.3 is 5.97 Å². The molecule has 0 spiro atoms. The first-order chi connectivity index (χ1) is 14.4. The number of methoxy groups -OCH3 is 2. The first kappa shape index (κ1) is 22.1. The van der Waals surface area contributed by atoms with E-state index in [-0.39, 0.29) is 11.9 Å². The molecule has 30 heavy (non-hydrogen) atoms. The fraction of sp³-hybridized carbons (Fsp3) is 0.400. The maximum absolute atomic E-state index is 11.9. The van der Waals surface area contributed by atoms with E-state index in [9.17, 15) is 9.90 Å². The van der Waals surface area contributed by atoms with E-state index in [1.165, 1.54) is 7.11 Å². The highest BCUT2D eigenvalue weighted by Crippen LogP contribution is 2.45. The number of ether oxygens (including phenoxy) is 2. The second-order valence-corrected chi connectivity index (χ2v) is 8.25. The molecule has 0 aliphatic heterocycles. The van der Waals surface area contributed by atoms with Gasteiger partial charge in [0.15, 0.2) is 0 Å². The minimum absolute atomic E-state index is 0.109. The Hall–Kier alpha value is -2.63. The molecule has 0 heterocycles. The molecule has 0 aromatic heterocycles. The van der Waals surface area contributed by atoms with Gasteiger partial charge in [-0.15, -0.1) is 0 Å². The van der Waals surface area contributed by atoms with Crippen LogP contribution in [0.3, 0.4) is 0 Å². The standard InChI is InChI=1S/C25H31NO4/c1-26(2)17-22-12-11-19(13-18-7-5-8-20(14-18)24(27)30-4)16-25(22,28)21-9-6-10-23(15-21)29-3/h5-10,13-15,22,28H,11-12,16-17H2,1-4H3. The van der Waals surface area contributed by atoms with Crippen LogP contribution < -0.4 is 4.74 Å². The van der Waals surface area contributed by atoms with Crippen molar-refractivity contribution < 1.29 is 19.4 Å². The van der Waals surface area contributed by atoms with Gasteiger partial charge in [-0.1, -0.05) is 35.9 Å². The normalized spacial score (nSPS) is 22.9. The third kappa shape index (κ3) is 4.91. The lowest BCUT2D eigenvalue weighted by atomic mass is 9.69. The molecule has 1 fully saturated rings. The Labute approximate surface area is 178 Å². The van der Waals surface area contributed by atoms with E-state index < -0.39 is 5.60 Å². The van der Waals surface area contributed by atoms with E-state index >= 15 is 0 Å². The number of rotatable bonds is 6. The van der Waals surface area contributed by atoms with Gasteiger partial charge < -0.3 is 19.5 Å². The zero-order valence-electron chi connectivity index (χ0n) is 18.2. The maximum Gasteiger partial charge on any atom is 0.337 e. The largest absolute Gasteiger partial charge is 0.497 e. The average Bonchev–Trinajstić information content (AvgIpc) is 2.75. The second-order valence-electron chi connectivity index (χ2n) is 8.25. The number of hydrogen-bond acceptors (Lipinski definition) is 5. The third-order valence-corrected chi connectivity index (χ3v) is 5.82. The van der Waals surface area contributed by atoms with Crippen molar-refractivity contribution in [1.82, 2.24) is 4.90 Å². The number of esters is 1. The summed E-state index contributed by atoms with van der Waals surface area (Å²) in [5, 5.41) is 11.9. The number of nitrogens with zero attached hydrogens (tertiary/aromatic N) is 1. The molecule has 5 nitrogen and oxygen atoms in total. The van der Waals surface area contributed by atoms with Crippen molar-refractivity contribution >= 4 is 12.0 Å². The Kier molecular flexibility index (Phi) is 6.95. The van der Waals surface area contributed by atoms with E-state index in [0.717, 1.165) is 41.8 Å². The molecule has 2 unspecified atom stereocenters. The summed E-state index contributed by atoms with van der Waals surface area (Å²) < 4.78 is 10.2. The molecule has 160 valence electrons. The predicted octanol–water partition coefficient (Wildman–Crippen LogP) is 4.11. The Morgan fingerprint density at radius 3 is 2.67 bits per heavy atom. The smallest absolute Gasteiger partial charge is 0.337 e. The average molecular weight is 410 g/mol. The highest BCUT2D eigenvalue weighted by molar-refractivity contribution is 5.90. The third-order valence-electron chi connectivity index (χ3n) is 5.82. The summed E-state index contributed by atoms with van der Waals surface area (Å²) in [5.74, 6) is 0.502. The van der Waals surface area contributed by atoms with Crippen LogP contribution in [0, 0.1) is 5.92 Å². The molecule has 1 aliphatic rings. The molecule has 1 saturated carbocycles. The van der Waals surface area contributed by atoms with Gasteiger partial charge in [0.1, 0.15) is 5.75 Å². The van der Waals surface area contributed by atoms with Crippen LogP contribution in [0.2, 0.25) is 0 Å². The van der Waals surface area contributed by atoms with Gasteiger partial charge in [-0.2, -0.15) is 0 Å². The Morgan fingerprint density at radius 1 is 1.20 bits per heavy atom. The van der Waals surface area contributed by atoms with E-state index in [1.807, 2.05) is 56.6 Å². The van der Waals surface area contributed by atoms with Crippen LogP contribution in [0.25, 0.3) is 6.08 Å². The number of hydrogen-bond donors (Lipinski definition) is 1. The van der Waals surface area contributed by atoms with Crippen molar-refractivity contribution in [2.24, 2.45) is 5.92 Å². The number of carbonyl (C=O) groups is 1. The van der Waals surface area contributed by atoms with E-state index in [2.05, 4.69) is 11.0 Å². The zero-order chi connectivity index (χ0) is 21.7. The van der Waals surface area contributed by atoms with E-state index in [0.29, 0.717) is 12.0 Å². The van der Waals surface area contributed by atoms with Crippen molar-refractivity contribution in [3.05, 3.63) is 70.8 Å². The van der Waals surface area contributed by atoms with Crippen molar-refractivity contribution in [1.29, 1.82) is 0 Å². The Morgan fingerprint density at radius 2 is 1.97 bits per heavy atom. The van der Waals surface area contributed by atoms with Crippen LogP contribution in [0.5, 0.6) is 5.75 Å². The topological polar surface area (TPSA) is 59.0 Å². The maximum atomic E-state index is 11.9. The van der Waals surface area contributed by atoms with Crippen molar-refractivity contribution in [3.8, 4) is 5.75 Å². The quantitative estimate of drug-likeness (QED) is 0.728. The lowest BCUT2D eigenvalue weighted by Gasteiger charge is -2.43. The van der Waals surface area contributed by atoms with Crippen molar-refractivity contribution in [3.63, 3.8) is 0 Å². The molecule has 0 radical (unpaired) electrons. The second kappa shape index (κ2) is 9.45. The Balaban J connectivity index is 1.95. The highest BCUT2D eigenvalue weighted by atomic mass is 16.5. The molecule has 0 bridgehead atoms. The summed E-state index contributed by atoms with van der Waals surface area (Å²) in [6.07, 6.45) is 4.42. The van der Waals surface area contributed by atoms with Crippen LogP contribution in [0.1, 0.15) is 40.7 Å². The van der Waals surface area contributed by atoms with Gasteiger partial charge in [0.2, 0.25) is 0 Å². The molecule has 1 aliphatic carbocycles. The summed E-state index contributed by atoms with van der Waals surface area (Å²) in [4.78, 5) is 14.0. The summed E-state index contributed by atoms with van der Waals surface area (Å²) >= 11 is 0. The van der Waals surface area contributed by atoms with E-state index in [1.54, 1.807) is 13.2 Å². The summed E-state index contributed by atoms with van der Waals surface area (Å²) in [6.45, 7) is 0.804. The van der Waals surface area contributed by atoms with Crippen LogP contribution in [0.15, 0.2) is 54.1 Å². The molecule has 1 N–H and O–H groups in total. The van der Waals surface area contributed by atoms with Crippen LogP contribution >= 0.6 is 0 Å². The first-order valence-corrected chi connectivity index (χ1v) is 10.2. The van der Waals surface area contributed by atoms with Gasteiger partial charge in [0.05, 0.1) is 25.4 Å². The summed E-state index contributed by atoms with van der Waals surface area (Å²) in [5.41, 5.74) is 2.52. The van der Waals surface area contributed by atoms with Crippen LogP contribution in [-0.2, 0) is 10.3 Å². The van der Waals surface area contributed by atoms with Crippen molar-refractivity contribution in [2.75, 3.05) is 34.9 Å². The monoisotopic (exact) mass is 409 g/mol. The lowest BCUT2D eigenvalue weighted by molar-refractivity contribution is -0.0472. The minimum Gasteiger partial charge on any atom is -0.497 e. The minimum atomic E-state index is -0.983. The van der Waals surface area contributed by atoms with Crippen molar-refractivity contribution in [2.45, 2.75) is 24.9 Å². The molecule has 5 heteroatoms. The summed E-state index contributed by atoms with van der Waals surface area (Å²) in [6, 6.07) is 15.1. The lowest BCUT2D eigenvalue weighted by Crippen LogP contribution is -2.43. The van der Waals surface area contributed by atoms with Gasteiger partial charge in [-0.05, 0) is 62.3 Å². The highest BCUT2D eigenvalue weighted by Gasteiger charge is 2.42. The molecule has 3 rings (SSSR count). The predicted molar refractivity (Wildman–Crippen MR) is 119 cm³/mol. The number of carbonyl (C=O) groups excluding carboxylic acids is 1. The molecule has 2 aromatic carbocycles. The SMILES string of the molecule is COC(=O)c1cccc(C=C2CCC(CN(C)C)C(O)(c3cccc(OC)c3)C2)c1. The fourth-order valence-corrected chi connectivity index (χ4v) is 4.32. The molecular formula is C25H31NO4. The Bertz CT molecular complexity index is 921. The fourth-order valence-electron chi connectivity index (χ4n) is 4.32. The first-order valence-electron chi connectivity index (χ1n) is 10.2. The zero-order valence-corrected chi connectivity index (χ0v) is 18.2. The van der Waals surface area contributed by atoms with Gasteiger partial charge in [-0.25, -0.2) is 4.79 Å². The van der Waals surface area contributed by atoms with Gasteiger partial charge in [0, 0.05) is 18.9 Å². The van der Waals surface area contributed by atoms with E-state index in [4.69, 9.17) is 9.47 Å². The molecule has 0 saturated heterocycles. The molecule has 2 atom stereocenters. The molecular weight excluding hydrogens is 378 g/mol.